The second kappa shape index (κ2) is 6.24. The Morgan fingerprint density at radius 1 is 1.24 bits per heavy atom. The number of benzene rings is 1. The molecule has 108 valence electrons. The van der Waals surface area contributed by atoms with Crippen molar-refractivity contribution in [3.63, 3.8) is 0 Å². The summed E-state index contributed by atoms with van der Waals surface area (Å²) in [5, 5.41) is 6.43. The van der Waals surface area contributed by atoms with E-state index in [4.69, 9.17) is 9.40 Å². The lowest BCUT2D eigenvalue weighted by Gasteiger charge is -2.15. The van der Waals surface area contributed by atoms with Gasteiger partial charge in [-0.25, -0.2) is 4.98 Å². The lowest BCUT2D eigenvalue weighted by Crippen LogP contribution is -2.18. The zero-order valence-electron chi connectivity index (χ0n) is 12.2. The maximum Gasteiger partial charge on any atom is 0.165 e. The number of nitrogens with one attached hydrogen (secondary N) is 1. The molecule has 0 fully saturated rings. The summed E-state index contributed by atoms with van der Waals surface area (Å²) in [5.74, 6) is 0.881. The van der Waals surface area contributed by atoms with Gasteiger partial charge < -0.3 is 9.73 Å². The predicted octanol–water partition coefficient (Wildman–Crippen LogP) is 4.21. The van der Waals surface area contributed by atoms with E-state index in [-0.39, 0.29) is 6.04 Å². The number of thiazole rings is 1. The van der Waals surface area contributed by atoms with E-state index in [1.165, 1.54) is 5.56 Å². The van der Waals surface area contributed by atoms with E-state index in [1.807, 2.05) is 26.1 Å². The third-order valence-electron chi connectivity index (χ3n) is 3.57. The summed E-state index contributed by atoms with van der Waals surface area (Å²) in [6, 6.07) is 12.7. The zero-order valence-corrected chi connectivity index (χ0v) is 13.0. The Balaban J connectivity index is 1.79. The van der Waals surface area contributed by atoms with Crippen LogP contribution in [0.15, 0.2) is 52.5 Å². The Bertz CT molecular complexity index is 702. The second-order valence-corrected chi connectivity index (χ2v) is 5.89. The molecule has 1 N–H and O–H groups in total. The summed E-state index contributed by atoms with van der Waals surface area (Å²) in [4.78, 5) is 4.71. The van der Waals surface area contributed by atoms with Gasteiger partial charge in [0.05, 0.1) is 12.0 Å². The second-order valence-electron chi connectivity index (χ2n) is 5.03. The molecule has 0 spiro atoms. The molecule has 1 aromatic carbocycles. The summed E-state index contributed by atoms with van der Waals surface area (Å²) in [7, 11) is 1.99. The first-order chi connectivity index (χ1) is 10.3. The normalized spacial score (nSPS) is 12.5. The van der Waals surface area contributed by atoms with Crippen molar-refractivity contribution < 1.29 is 4.42 Å². The lowest BCUT2D eigenvalue weighted by atomic mass is 10.0. The topological polar surface area (TPSA) is 38.1 Å². The fourth-order valence-corrected chi connectivity index (χ4v) is 3.26. The van der Waals surface area contributed by atoms with E-state index in [0.29, 0.717) is 0 Å². The van der Waals surface area contributed by atoms with Crippen molar-refractivity contribution in [2.45, 2.75) is 19.4 Å². The first-order valence-corrected chi connectivity index (χ1v) is 7.87. The predicted molar refractivity (Wildman–Crippen MR) is 86.5 cm³/mol. The molecule has 21 heavy (non-hydrogen) atoms. The number of rotatable bonds is 5. The van der Waals surface area contributed by atoms with Crippen LogP contribution in [0.2, 0.25) is 0 Å². The smallest absolute Gasteiger partial charge is 0.165 e. The van der Waals surface area contributed by atoms with Gasteiger partial charge in [-0.2, -0.15) is 0 Å². The molecule has 4 heteroatoms. The van der Waals surface area contributed by atoms with E-state index in [9.17, 15) is 0 Å². The highest BCUT2D eigenvalue weighted by molar-refractivity contribution is 7.13. The molecule has 2 heterocycles. The molecule has 0 aliphatic carbocycles. The molecule has 3 aromatic rings. The van der Waals surface area contributed by atoms with Crippen molar-refractivity contribution in [2.75, 3.05) is 7.05 Å². The molecule has 3 rings (SSSR count). The van der Waals surface area contributed by atoms with Crippen molar-refractivity contribution in [1.82, 2.24) is 10.3 Å². The third-order valence-corrected chi connectivity index (χ3v) is 4.46. The van der Waals surface area contributed by atoms with Gasteiger partial charge in [0.15, 0.2) is 10.8 Å². The molecule has 0 aliphatic rings. The Morgan fingerprint density at radius 2 is 2.05 bits per heavy atom. The van der Waals surface area contributed by atoms with Crippen molar-refractivity contribution in [2.24, 2.45) is 0 Å². The first-order valence-electron chi connectivity index (χ1n) is 6.99. The highest BCUT2D eigenvalue weighted by Crippen LogP contribution is 2.29. The van der Waals surface area contributed by atoms with Crippen LogP contribution in [0.3, 0.4) is 0 Å². The molecule has 0 saturated heterocycles. The molecular formula is C17H18N2OS. The quantitative estimate of drug-likeness (QED) is 0.766. The van der Waals surface area contributed by atoms with E-state index < -0.39 is 0 Å². The summed E-state index contributed by atoms with van der Waals surface area (Å²) in [6.07, 6.45) is 2.59. The van der Waals surface area contributed by atoms with Crippen LogP contribution < -0.4 is 5.32 Å². The van der Waals surface area contributed by atoms with Gasteiger partial charge in [-0.05, 0) is 31.2 Å². The van der Waals surface area contributed by atoms with Gasteiger partial charge in [0.25, 0.3) is 0 Å². The fourth-order valence-electron chi connectivity index (χ4n) is 2.38. The number of aryl methyl sites for hydroxylation is 1. The van der Waals surface area contributed by atoms with Crippen molar-refractivity contribution >= 4 is 11.3 Å². The Hall–Kier alpha value is -1.91. The first kappa shape index (κ1) is 14.0. The van der Waals surface area contributed by atoms with Crippen LogP contribution in [0.5, 0.6) is 0 Å². The lowest BCUT2D eigenvalue weighted by molar-refractivity contribution is 0.576. The largest absolute Gasteiger partial charge is 0.462 e. The summed E-state index contributed by atoms with van der Waals surface area (Å²) < 4.78 is 5.51. The van der Waals surface area contributed by atoms with Crippen LogP contribution in [0.4, 0.5) is 0 Å². The fraction of sp³-hybridized carbons (Fsp3) is 0.235. The number of aromatic nitrogens is 1. The standard InChI is InChI=1S/C17H18N2OS/c1-12-8-9-20-16(12)17-19-14(11-21-17)10-15(18-2)13-6-4-3-5-7-13/h3-9,11,15,18H,10H2,1-2H3. The van der Waals surface area contributed by atoms with Crippen LogP contribution in [0.25, 0.3) is 10.8 Å². The van der Waals surface area contributed by atoms with Crippen molar-refractivity contribution in [1.29, 1.82) is 0 Å². The van der Waals surface area contributed by atoms with Crippen LogP contribution in [0.1, 0.15) is 22.9 Å². The number of nitrogens with zero attached hydrogens (tertiary/aromatic N) is 1. The average Bonchev–Trinajstić information content (AvgIpc) is 3.14. The van der Waals surface area contributed by atoms with E-state index in [0.717, 1.165) is 28.4 Å². The number of hydrogen-bond donors (Lipinski definition) is 1. The summed E-state index contributed by atoms with van der Waals surface area (Å²) in [6.45, 7) is 2.04. The van der Waals surface area contributed by atoms with Crippen molar-refractivity contribution in [3.8, 4) is 10.8 Å². The van der Waals surface area contributed by atoms with Crippen LogP contribution >= 0.6 is 11.3 Å². The van der Waals surface area contributed by atoms with Crippen LogP contribution in [0, 0.1) is 6.92 Å². The Kier molecular flexibility index (Phi) is 4.18. The van der Waals surface area contributed by atoms with Gasteiger partial charge in [0.1, 0.15) is 0 Å². The molecular weight excluding hydrogens is 280 g/mol. The van der Waals surface area contributed by atoms with Crippen molar-refractivity contribution in [3.05, 3.63) is 64.9 Å². The van der Waals surface area contributed by atoms with Gasteiger partial charge in [0, 0.05) is 17.8 Å². The monoisotopic (exact) mass is 298 g/mol. The Morgan fingerprint density at radius 3 is 2.71 bits per heavy atom. The molecule has 0 saturated carbocycles. The molecule has 0 amide bonds. The van der Waals surface area contributed by atoms with Gasteiger partial charge in [0.2, 0.25) is 0 Å². The Labute approximate surface area is 128 Å². The molecule has 0 aliphatic heterocycles. The summed E-state index contributed by atoms with van der Waals surface area (Å²) in [5.41, 5.74) is 3.50. The third kappa shape index (κ3) is 3.06. The van der Waals surface area contributed by atoms with Gasteiger partial charge in [-0.3, -0.25) is 0 Å². The zero-order chi connectivity index (χ0) is 14.7. The van der Waals surface area contributed by atoms with E-state index >= 15 is 0 Å². The van der Waals surface area contributed by atoms with Gasteiger partial charge >= 0.3 is 0 Å². The van der Waals surface area contributed by atoms with Gasteiger partial charge in [-0.15, -0.1) is 11.3 Å². The SMILES string of the molecule is CNC(Cc1csc(-c2occc2C)n1)c1ccccc1. The molecule has 2 aromatic heterocycles. The van der Waals surface area contributed by atoms with E-state index in [1.54, 1.807) is 17.6 Å². The molecule has 1 unspecified atom stereocenters. The van der Waals surface area contributed by atoms with Crippen LogP contribution in [-0.2, 0) is 6.42 Å². The summed E-state index contributed by atoms with van der Waals surface area (Å²) >= 11 is 1.64. The number of hydrogen-bond acceptors (Lipinski definition) is 4. The highest BCUT2D eigenvalue weighted by atomic mass is 32.1. The minimum atomic E-state index is 0.277. The van der Waals surface area contributed by atoms with E-state index in [2.05, 4.69) is 35.0 Å². The molecule has 0 bridgehead atoms. The molecule has 1 atom stereocenters. The maximum atomic E-state index is 5.51. The average molecular weight is 298 g/mol. The minimum absolute atomic E-state index is 0.277. The number of furan rings is 1. The molecule has 3 nitrogen and oxygen atoms in total. The van der Waals surface area contributed by atoms with Crippen LogP contribution in [-0.4, -0.2) is 12.0 Å². The minimum Gasteiger partial charge on any atom is -0.462 e. The maximum absolute atomic E-state index is 5.51. The molecule has 0 radical (unpaired) electrons. The number of likely N-dealkylation sites (N-methyl/N-ethyl adjacent to an activating group) is 1. The van der Waals surface area contributed by atoms with Gasteiger partial charge in [-0.1, -0.05) is 30.3 Å². The highest BCUT2D eigenvalue weighted by Gasteiger charge is 2.14.